The van der Waals surface area contributed by atoms with Gasteiger partial charge in [-0.1, -0.05) is 0 Å². The predicted octanol–water partition coefficient (Wildman–Crippen LogP) is 0.128. The lowest BCUT2D eigenvalue weighted by molar-refractivity contribution is 0.108. The Balaban J connectivity index is 2.20. The third-order valence-electron chi connectivity index (χ3n) is 1.11. The van der Waals surface area contributed by atoms with E-state index in [1.54, 1.807) is 13.2 Å². The van der Waals surface area contributed by atoms with Gasteiger partial charge in [0.1, 0.15) is 6.26 Å². The monoisotopic (exact) mass is 129 g/mol. The zero-order chi connectivity index (χ0) is 6.69. The summed E-state index contributed by atoms with van der Waals surface area (Å²) in [6.07, 6.45) is 3.17. The highest BCUT2D eigenvalue weighted by Gasteiger charge is 2.06. The molecule has 3 nitrogen and oxygen atoms in total. The molecule has 0 radical (unpaired) electrons. The Morgan fingerprint density at radius 3 is 3.11 bits per heavy atom. The van der Waals surface area contributed by atoms with Crippen molar-refractivity contribution in [2.75, 3.05) is 13.3 Å². The molecule has 0 fully saturated rings. The molecule has 0 bridgehead atoms. The second kappa shape index (κ2) is 2.73. The molecule has 1 aliphatic rings. The Bertz CT molecular complexity index is 112. The van der Waals surface area contributed by atoms with Gasteiger partial charge in [-0.15, -0.1) is 0 Å². The summed E-state index contributed by atoms with van der Waals surface area (Å²) >= 11 is 0. The standard InChI is InChI=1S/C6H11NO2/c1-6(8)4-7-2-3-9-5-7/h2-3,6,8H,4-5H2,1H3. The highest BCUT2D eigenvalue weighted by atomic mass is 16.5. The Morgan fingerprint density at radius 2 is 2.67 bits per heavy atom. The SMILES string of the molecule is CC(O)CN1C=COC1. The summed E-state index contributed by atoms with van der Waals surface area (Å²) in [4.78, 5) is 1.91. The summed E-state index contributed by atoms with van der Waals surface area (Å²) in [5, 5.41) is 8.88. The van der Waals surface area contributed by atoms with Crippen LogP contribution in [0.25, 0.3) is 0 Å². The molecule has 1 rings (SSSR count). The van der Waals surface area contributed by atoms with Crippen molar-refractivity contribution in [2.45, 2.75) is 13.0 Å². The van der Waals surface area contributed by atoms with Crippen LogP contribution in [0.15, 0.2) is 12.5 Å². The van der Waals surface area contributed by atoms with Gasteiger partial charge in [0.15, 0.2) is 6.73 Å². The fourth-order valence-electron chi connectivity index (χ4n) is 0.764. The molecule has 1 unspecified atom stereocenters. The molecule has 52 valence electrons. The summed E-state index contributed by atoms with van der Waals surface area (Å²) in [6, 6.07) is 0. The lowest BCUT2D eigenvalue weighted by Crippen LogP contribution is -2.24. The molecule has 0 saturated carbocycles. The van der Waals surface area contributed by atoms with Gasteiger partial charge in [-0.3, -0.25) is 0 Å². The molecule has 1 aliphatic heterocycles. The van der Waals surface area contributed by atoms with E-state index in [0.29, 0.717) is 13.3 Å². The van der Waals surface area contributed by atoms with Crippen LogP contribution in [0.1, 0.15) is 6.92 Å². The van der Waals surface area contributed by atoms with Crippen molar-refractivity contribution in [1.82, 2.24) is 4.90 Å². The van der Waals surface area contributed by atoms with Crippen molar-refractivity contribution in [3.8, 4) is 0 Å². The summed E-state index contributed by atoms with van der Waals surface area (Å²) in [5.74, 6) is 0. The van der Waals surface area contributed by atoms with Gasteiger partial charge in [-0.2, -0.15) is 0 Å². The largest absolute Gasteiger partial charge is 0.479 e. The lowest BCUT2D eigenvalue weighted by Gasteiger charge is -2.14. The van der Waals surface area contributed by atoms with Gasteiger partial charge in [0.2, 0.25) is 0 Å². The quantitative estimate of drug-likeness (QED) is 0.575. The van der Waals surface area contributed by atoms with Gasteiger partial charge < -0.3 is 14.7 Å². The van der Waals surface area contributed by atoms with Gasteiger partial charge in [-0.25, -0.2) is 0 Å². The Kier molecular flexibility index (Phi) is 1.95. The number of ether oxygens (including phenoxy) is 1. The van der Waals surface area contributed by atoms with E-state index in [2.05, 4.69) is 0 Å². The first kappa shape index (κ1) is 6.42. The van der Waals surface area contributed by atoms with E-state index in [9.17, 15) is 0 Å². The van der Waals surface area contributed by atoms with Gasteiger partial charge >= 0.3 is 0 Å². The van der Waals surface area contributed by atoms with Crippen LogP contribution in [0.5, 0.6) is 0 Å². The summed E-state index contributed by atoms with van der Waals surface area (Å²) in [7, 11) is 0. The van der Waals surface area contributed by atoms with Crippen molar-refractivity contribution in [3.63, 3.8) is 0 Å². The van der Waals surface area contributed by atoms with Gasteiger partial charge in [0.05, 0.1) is 6.10 Å². The molecule has 3 heteroatoms. The van der Waals surface area contributed by atoms with Crippen molar-refractivity contribution in [3.05, 3.63) is 12.5 Å². The zero-order valence-corrected chi connectivity index (χ0v) is 5.45. The van der Waals surface area contributed by atoms with Crippen LogP contribution in [-0.2, 0) is 4.74 Å². The fraction of sp³-hybridized carbons (Fsp3) is 0.667. The first-order chi connectivity index (χ1) is 4.29. The number of hydrogen-bond donors (Lipinski definition) is 1. The van der Waals surface area contributed by atoms with Crippen LogP contribution in [0, 0.1) is 0 Å². The number of β-amino-alcohol motifs (C(OH)–C–C–N with tert-alkyl or cyclic N) is 1. The second-order valence-corrected chi connectivity index (χ2v) is 2.20. The highest BCUT2D eigenvalue weighted by molar-refractivity contribution is 4.80. The van der Waals surface area contributed by atoms with E-state index < -0.39 is 0 Å². The maximum Gasteiger partial charge on any atom is 0.160 e. The minimum atomic E-state index is -0.281. The summed E-state index contributed by atoms with van der Waals surface area (Å²) in [6.45, 7) is 2.98. The smallest absolute Gasteiger partial charge is 0.160 e. The van der Waals surface area contributed by atoms with E-state index >= 15 is 0 Å². The predicted molar refractivity (Wildman–Crippen MR) is 33.5 cm³/mol. The second-order valence-electron chi connectivity index (χ2n) is 2.20. The molecule has 1 atom stereocenters. The first-order valence-corrected chi connectivity index (χ1v) is 2.99. The molecule has 0 aromatic rings. The number of hydrogen-bond acceptors (Lipinski definition) is 3. The molecule has 0 spiro atoms. The van der Waals surface area contributed by atoms with Crippen molar-refractivity contribution < 1.29 is 9.84 Å². The Morgan fingerprint density at radius 1 is 1.89 bits per heavy atom. The number of nitrogens with zero attached hydrogens (tertiary/aromatic N) is 1. The van der Waals surface area contributed by atoms with Crippen LogP contribution >= 0.6 is 0 Å². The average molecular weight is 129 g/mol. The van der Waals surface area contributed by atoms with Crippen LogP contribution in [0.2, 0.25) is 0 Å². The van der Waals surface area contributed by atoms with Crippen LogP contribution in [-0.4, -0.2) is 29.4 Å². The summed E-state index contributed by atoms with van der Waals surface area (Å²) < 4.78 is 4.89. The van der Waals surface area contributed by atoms with E-state index in [1.165, 1.54) is 0 Å². The minimum absolute atomic E-state index is 0.281. The minimum Gasteiger partial charge on any atom is -0.479 e. The van der Waals surface area contributed by atoms with Crippen molar-refractivity contribution in [1.29, 1.82) is 0 Å². The summed E-state index contributed by atoms with van der Waals surface area (Å²) in [5.41, 5.74) is 0. The lowest BCUT2D eigenvalue weighted by atomic mass is 10.4. The van der Waals surface area contributed by atoms with E-state index in [-0.39, 0.29) is 6.10 Å². The third-order valence-corrected chi connectivity index (χ3v) is 1.11. The molecule has 0 aliphatic carbocycles. The zero-order valence-electron chi connectivity index (χ0n) is 5.45. The molecule has 0 aromatic carbocycles. The molecule has 0 aromatic heterocycles. The maximum absolute atomic E-state index is 8.88. The van der Waals surface area contributed by atoms with E-state index in [1.807, 2.05) is 11.1 Å². The van der Waals surface area contributed by atoms with Gasteiger partial charge in [-0.05, 0) is 6.92 Å². The molecule has 1 N–H and O–H groups in total. The van der Waals surface area contributed by atoms with Crippen LogP contribution in [0.3, 0.4) is 0 Å². The topological polar surface area (TPSA) is 32.7 Å². The number of aliphatic hydroxyl groups excluding tert-OH is 1. The Hall–Kier alpha value is -0.700. The van der Waals surface area contributed by atoms with Crippen molar-refractivity contribution in [2.24, 2.45) is 0 Å². The number of rotatable bonds is 2. The normalized spacial score (nSPS) is 20.0. The molecule has 0 saturated heterocycles. The Labute approximate surface area is 54.5 Å². The highest BCUT2D eigenvalue weighted by Crippen LogP contribution is 2.00. The van der Waals surface area contributed by atoms with Crippen LogP contribution in [0.4, 0.5) is 0 Å². The number of aliphatic hydroxyl groups is 1. The van der Waals surface area contributed by atoms with Gasteiger partial charge in [0.25, 0.3) is 0 Å². The van der Waals surface area contributed by atoms with Crippen molar-refractivity contribution >= 4 is 0 Å². The molecular formula is C6H11NO2. The first-order valence-electron chi connectivity index (χ1n) is 2.99. The third kappa shape index (κ3) is 1.93. The maximum atomic E-state index is 8.88. The average Bonchev–Trinajstić information content (AvgIpc) is 2.15. The van der Waals surface area contributed by atoms with Crippen LogP contribution < -0.4 is 0 Å². The molecule has 1 heterocycles. The molecular weight excluding hydrogens is 118 g/mol. The van der Waals surface area contributed by atoms with Gasteiger partial charge in [0, 0.05) is 12.7 Å². The molecule has 9 heavy (non-hydrogen) atoms. The van der Waals surface area contributed by atoms with E-state index in [4.69, 9.17) is 9.84 Å². The van der Waals surface area contributed by atoms with E-state index in [0.717, 1.165) is 0 Å². The fourth-order valence-corrected chi connectivity index (χ4v) is 0.764. The molecule has 0 amide bonds.